The van der Waals surface area contributed by atoms with Gasteiger partial charge >= 0.3 is 0 Å². The highest BCUT2D eigenvalue weighted by Gasteiger charge is 2.25. The molecule has 0 amide bonds. The van der Waals surface area contributed by atoms with Crippen LogP contribution in [-0.4, -0.2) is 23.8 Å². The normalized spacial score (nSPS) is 12.2. The fourth-order valence-electron chi connectivity index (χ4n) is 4.01. The molecule has 0 saturated heterocycles. The number of rotatable bonds is 3. The number of nitrogens with one attached hydrogen (secondary N) is 1. The van der Waals surface area contributed by atoms with E-state index in [0.29, 0.717) is 34.7 Å². The van der Waals surface area contributed by atoms with Gasteiger partial charge in [0, 0.05) is 12.1 Å². The molecule has 0 atom stereocenters. The molecule has 0 radical (unpaired) electrons. The van der Waals surface area contributed by atoms with Crippen molar-refractivity contribution < 1.29 is 9.47 Å². The highest BCUT2D eigenvalue weighted by molar-refractivity contribution is 7.21. The summed E-state index contributed by atoms with van der Waals surface area (Å²) in [4.78, 5) is 4.70. The van der Waals surface area contributed by atoms with E-state index in [-0.39, 0.29) is 0 Å². The van der Waals surface area contributed by atoms with Crippen LogP contribution < -0.4 is 15.0 Å². The predicted molar refractivity (Wildman–Crippen MR) is 116 cm³/mol. The van der Waals surface area contributed by atoms with E-state index in [0.717, 1.165) is 38.5 Å². The molecule has 5 rings (SSSR count). The van der Waals surface area contributed by atoms with Crippen LogP contribution in [0.4, 0.5) is 0 Å². The number of pyridine rings is 1. The highest BCUT2D eigenvalue weighted by atomic mass is 32.1. The molecule has 0 aliphatic carbocycles. The molecular weight excluding hydrogens is 396 g/mol. The number of nitriles is 1. The van der Waals surface area contributed by atoms with Gasteiger partial charge in [-0.1, -0.05) is 12.1 Å². The summed E-state index contributed by atoms with van der Waals surface area (Å²) < 4.78 is 13.9. The van der Waals surface area contributed by atoms with Gasteiger partial charge in [0.2, 0.25) is 0 Å². The monoisotopic (exact) mass is 414 g/mol. The number of hydrogen-bond acceptors (Lipinski definition) is 6. The molecule has 1 aliphatic heterocycles. The maximum Gasteiger partial charge on any atom is 0.161 e. The summed E-state index contributed by atoms with van der Waals surface area (Å²) >= 11 is 1.54. The van der Waals surface area contributed by atoms with Crippen molar-refractivity contribution in [3.63, 3.8) is 0 Å². The molecular formula is C23H18N4O2S. The number of hydrogen-bond donors (Lipinski definition) is 1. The first-order valence-electron chi connectivity index (χ1n) is 9.48. The Balaban J connectivity index is 1.76. The summed E-state index contributed by atoms with van der Waals surface area (Å²) in [6.07, 6.45) is 0.743. The van der Waals surface area contributed by atoms with Crippen LogP contribution in [0.3, 0.4) is 0 Å². The Labute approximate surface area is 177 Å². The Bertz CT molecular complexity index is 1380. The fourth-order valence-corrected chi connectivity index (χ4v) is 5.00. The summed E-state index contributed by atoms with van der Waals surface area (Å²) in [6.45, 7) is 0.615. The van der Waals surface area contributed by atoms with Crippen LogP contribution in [0, 0.1) is 16.7 Å². The number of thiazole rings is 1. The minimum absolute atomic E-state index is 0.364. The van der Waals surface area contributed by atoms with Crippen molar-refractivity contribution in [3.05, 3.63) is 59.1 Å². The Morgan fingerprint density at radius 2 is 1.87 bits per heavy atom. The van der Waals surface area contributed by atoms with Crippen LogP contribution in [0.15, 0.2) is 42.5 Å². The van der Waals surface area contributed by atoms with Crippen molar-refractivity contribution in [1.29, 1.82) is 10.7 Å². The lowest BCUT2D eigenvalue weighted by atomic mass is 9.93. The number of para-hydroxylation sites is 1. The van der Waals surface area contributed by atoms with Gasteiger partial charge in [0.25, 0.3) is 0 Å². The first-order valence-corrected chi connectivity index (χ1v) is 10.3. The first-order chi connectivity index (χ1) is 14.6. The van der Waals surface area contributed by atoms with Crippen molar-refractivity contribution in [2.45, 2.75) is 13.0 Å². The molecule has 2 aromatic heterocycles. The predicted octanol–water partition coefficient (Wildman–Crippen LogP) is 4.36. The molecule has 30 heavy (non-hydrogen) atoms. The van der Waals surface area contributed by atoms with Crippen molar-refractivity contribution in [3.8, 4) is 39.4 Å². The highest BCUT2D eigenvalue weighted by Crippen LogP contribution is 2.40. The van der Waals surface area contributed by atoms with E-state index in [1.165, 1.54) is 0 Å². The van der Waals surface area contributed by atoms with E-state index >= 15 is 0 Å². The van der Waals surface area contributed by atoms with E-state index in [1.807, 2.05) is 41.0 Å². The molecule has 0 spiro atoms. The largest absolute Gasteiger partial charge is 0.493 e. The average Bonchev–Trinajstić information content (AvgIpc) is 3.22. The third-order valence-corrected chi connectivity index (χ3v) is 6.52. The second-order valence-electron chi connectivity index (χ2n) is 7.03. The van der Waals surface area contributed by atoms with Gasteiger partial charge in [-0.05, 0) is 42.3 Å². The van der Waals surface area contributed by atoms with Crippen LogP contribution in [0.5, 0.6) is 11.5 Å². The Hall–Kier alpha value is -3.63. The minimum Gasteiger partial charge on any atom is -0.493 e. The van der Waals surface area contributed by atoms with E-state index in [4.69, 9.17) is 19.9 Å². The van der Waals surface area contributed by atoms with Gasteiger partial charge in [0.15, 0.2) is 11.5 Å². The van der Waals surface area contributed by atoms with Crippen LogP contribution in [0.2, 0.25) is 0 Å². The summed E-state index contributed by atoms with van der Waals surface area (Å²) in [6, 6.07) is 15.9. The number of benzene rings is 2. The van der Waals surface area contributed by atoms with Crippen LogP contribution in [-0.2, 0) is 13.0 Å². The molecule has 6 nitrogen and oxygen atoms in total. The zero-order valence-corrected chi connectivity index (χ0v) is 17.3. The Morgan fingerprint density at radius 1 is 1.10 bits per heavy atom. The van der Waals surface area contributed by atoms with E-state index in [1.54, 1.807) is 31.6 Å². The second-order valence-corrected chi connectivity index (χ2v) is 8.06. The van der Waals surface area contributed by atoms with Gasteiger partial charge < -0.3 is 14.0 Å². The summed E-state index contributed by atoms with van der Waals surface area (Å²) in [5.74, 6) is 1.27. The number of nitrogens with zero attached hydrogens (tertiary/aromatic N) is 3. The molecule has 1 aliphatic rings. The number of ether oxygens (including phenoxy) is 2. The zero-order chi connectivity index (χ0) is 20.8. The van der Waals surface area contributed by atoms with E-state index < -0.39 is 0 Å². The molecule has 1 N–H and O–H groups in total. The molecule has 2 aromatic carbocycles. The van der Waals surface area contributed by atoms with Crippen molar-refractivity contribution in [2.75, 3.05) is 14.2 Å². The fraction of sp³-hybridized carbons (Fsp3) is 0.174. The lowest BCUT2D eigenvalue weighted by molar-refractivity contribution is 0.354. The number of methoxy groups -OCH3 is 2. The van der Waals surface area contributed by atoms with Crippen molar-refractivity contribution >= 4 is 21.6 Å². The van der Waals surface area contributed by atoms with Crippen molar-refractivity contribution in [2.24, 2.45) is 0 Å². The molecule has 4 aromatic rings. The molecule has 0 bridgehead atoms. The number of fused-ring (bicyclic) bond motifs is 4. The van der Waals surface area contributed by atoms with Crippen LogP contribution in [0.25, 0.3) is 32.0 Å². The summed E-state index contributed by atoms with van der Waals surface area (Å²) in [7, 11) is 3.21. The van der Waals surface area contributed by atoms with Gasteiger partial charge in [-0.15, -0.1) is 11.3 Å². The topological polar surface area (TPSA) is 83.9 Å². The van der Waals surface area contributed by atoms with Gasteiger partial charge in [-0.25, -0.2) is 4.98 Å². The third kappa shape index (κ3) is 2.69. The molecule has 3 heterocycles. The first kappa shape index (κ1) is 18.4. The van der Waals surface area contributed by atoms with Crippen molar-refractivity contribution in [1.82, 2.24) is 9.55 Å². The van der Waals surface area contributed by atoms with E-state index in [2.05, 4.69) is 6.07 Å². The quantitative estimate of drug-likeness (QED) is 0.540. The Kier molecular flexibility index (Phi) is 4.30. The Morgan fingerprint density at radius 3 is 2.60 bits per heavy atom. The minimum atomic E-state index is 0.364. The summed E-state index contributed by atoms with van der Waals surface area (Å²) in [5.41, 5.74) is 5.20. The molecule has 0 saturated carbocycles. The van der Waals surface area contributed by atoms with Crippen LogP contribution in [0.1, 0.15) is 11.1 Å². The number of aryl methyl sites for hydroxylation is 1. The maximum atomic E-state index is 9.95. The molecule has 148 valence electrons. The second kappa shape index (κ2) is 7.01. The lowest BCUT2D eigenvalue weighted by Gasteiger charge is -2.25. The molecule has 0 unspecified atom stereocenters. The zero-order valence-electron chi connectivity index (χ0n) is 16.5. The smallest absolute Gasteiger partial charge is 0.161 e. The standard InChI is InChI=1S/C23H18N4O2S/c1-28-18-10-13-7-8-27-21(15(13)11-19(18)29-2)14(12-24)9-16(22(27)25)23-26-17-5-3-4-6-20(17)30-23/h3-6,9-11,25H,7-8H2,1-2H3. The van der Waals surface area contributed by atoms with Crippen LogP contribution >= 0.6 is 11.3 Å². The molecule has 0 fully saturated rings. The SMILES string of the molecule is COc1cc2c(cc1OC)-c1c(C#N)cc(-c3nc4ccccc4s3)c(=N)n1CC2. The van der Waals surface area contributed by atoms with Gasteiger partial charge in [0.05, 0.1) is 41.3 Å². The van der Waals surface area contributed by atoms with Gasteiger partial charge in [-0.3, -0.25) is 5.41 Å². The third-order valence-electron chi connectivity index (χ3n) is 5.45. The van der Waals surface area contributed by atoms with Gasteiger partial charge in [0.1, 0.15) is 16.6 Å². The van der Waals surface area contributed by atoms with Gasteiger partial charge in [-0.2, -0.15) is 5.26 Å². The lowest BCUT2D eigenvalue weighted by Crippen LogP contribution is -2.28. The average molecular weight is 414 g/mol. The summed E-state index contributed by atoms with van der Waals surface area (Å²) in [5, 5.41) is 19.6. The van der Waals surface area contributed by atoms with E-state index in [9.17, 15) is 5.26 Å². The molecule has 7 heteroatoms. The number of aromatic nitrogens is 2. The maximum absolute atomic E-state index is 9.95.